The third kappa shape index (κ3) is 4.11. The highest BCUT2D eigenvalue weighted by Crippen LogP contribution is 2.33. The molecule has 2 aromatic rings. The van der Waals surface area contributed by atoms with E-state index in [4.69, 9.17) is 4.98 Å². The molecule has 0 aliphatic carbocycles. The zero-order chi connectivity index (χ0) is 20.8. The first-order valence-electron chi connectivity index (χ1n) is 9.81. The summed E-state index contributed by atoms with van der Waals surface area (Å²) in [6.45, 7) is 15.2. The highest BCUT2D eigenvalue weighted by atomic mass is 15.6. The maximum absolute atomic E-state index is 4.74. The van der Waals surface area contributed by atoms with Crippen molar-refractivity contribution in [2.75, 3.05) is 18.0 Å². The number of rotatable bonds is 7. The zero-order valence-electron chi connectivity index (χ0n) is 17.4. The van der Waals surface area contributed by atoms with Crippen molar-refractivity contribution in [3.63, 3.8) is 0 Å². The van der Waals surface area contributed by atoms with E-state index >= 15 is 0 Å². The molecule has 1 fully saturated rings. The van der Waals surface area contributed by atoms with Gasteiger partial charge in [-0.3, -0.25) is 4.57 Å². The van der Waals surface area contributed by atoms with Gasteiger partial charge in [0.2, 0.25) is 11.9 Å². The normalized spacial score (nSPS) is 16.2. The van der Waals surface area contributed by atoms with E-state index in [2.05, 4.69) is 45.6 Å². The molecule has 0 radical (unpaired) electrons. The van der Waals surface area contributed by atoms with Gasteiger partial charge in [-0.1, -0.05) is 29.9 Å². The summed E-state index contributed by atoms with van der Waals surface area (Å²) < 4.78 is 3.76. The van der Waals surface area contributed by atoms with Gasteiger partial charge in [0.15, 0.2) is 0 Å². The maximum atomic E-state index is 4.74. The number of anilines is 1. The Balaban J connectivity index is 1.79. The second kappa shape index (κ2) is 9.27. The van der Waals surface area contributed by atoms with Gasteiger partial charge >= 0.3 is 0 Å². The van der Waals surface area contributed by atoms with E-state index in [1.54, 1.807) is 10.8 Å². The average Bonchev–Trinajstić information content (AvgIpc) is 3.34. The third-order valence-corrected chi connectivity index (χ3v) is 5.10. The predicted molar refractivity (Wildman–Crippen MR) is 118 cm³/mol. The first-order chi connectivity index (χ1) is 14.1. The highest BCUT2D eigenvalue weighted by Gasteiger charge is 2.28. The fraction of sp³-hybridized carbons (Fsp3) is 0.381. The highest BCUT2D eigenvalue weighted by molar-refractivity contribution is 5.61. The molecule has 3 rings (SSSR count). The number of nitrogens with zero attached hydrogens (tertiary/aromatic N) is 8. The van der Waals surface area contributed by atoms with Crippen LogP contribution in [-0.4, -0.2) is 49.6 Å². The van der Waals surface area contributed by atoms with Crippen LogP contribution >= 0.6 is 0 Å². The Morgan fingerprint density at radius 2 is 1.97 bits per heavy atom. The van der Waals surface area contributed by atoms with Gasteiger partial charge in [0, 0.05) is 30.9 Å². The fourth-order valence-corrected chi connectivity index (χ4v) is 3.73. The number of hydrogen-bond acceptors (Lipinski definition) is 6. The van der Waals surface area contributed by atoms with Gasteiger partial charge in [-0.2, -0.15) is 4.68 Å². The molecule has 0 atom stereocenters. The molecule has 0 saturated carbocycles. The van der Waals surface area contributed by atoms with E-state index in [0.29, 0.717) is 11.9 Å². The first kappa shape index (κ1) is 20.4. The Labute approximate surface area is 171 Å². The molecule has 0 bridgehead atoms. The second-order valence-corrected chi connectivity index (χ2v) is 6.87. The molecule has 0 unspecified atom stereocenters. The molecule has 0 amide bonds. The predicted octanol–water partition coefficient (Wildman–Crippen LogP) is 3.99. The summed E-state index contributed by atoms with van der Waals surface area (Å²) >= 11 is 0. The van der Waals surface area contributed by atoms with Crippen LogP contribution < -0.4 is 4.90 Å². The molecule has 3 heterocycles. The summed E-state index contributed by atoms with van der Waals surface area (Å²) in [6.07, 6.45) is 13.5. The Morgan fingerprint density at radius 3 is 2.59 bits per heavy atom. The maximum Gasteiger partial charge on any atom is 0.250 e. The smallest absolute Gasteiger partial charge is 0.250 e. The van der Waals surface area contributed by atoms with Gasteiger partial charge in [-0.05, 0) is 62.9 Å². The van der Waals surface area contributed by atoms with E-state index in [9.17, 15) is 0 Å². The van der Waals surface area contributed by atoms with Gasteiger partial charge in [-0.15, -0.1) is 0 Å². The number of hydrogen-bond donors (Lipinski definition) is 0. The number of allylic oxidation sites excluding steroid dienone is 6. The second-order valence-electron chi connectivity index (χ2n) is 6.87. The molecule has 152 valence electrons. The molecule has 0 aromatic carbocycles. The summed E-state index contributed by atoms with van der Waals surface area (Å²) in [7, 11) is 0. The number of aliphatic imine (C=N–C) groups is 1. The molecule has 8 nitrogen and oxygen atoms in total. The van der Waals surface area contributed by atoms with Crippen LogP contribution in [0.3, 0.4) is 0 Å². The molecule has 0 spiro atoms. The average molecular weight is 393 g/mol. The first-order valence-corrected chi connectivity index (χ1v) is 9.81. The Hall–Kier alpha value is -3.29. The van der Waals surface area contributed by atoms with E-state index in [1.807, 2.05) is 48.9 Å². The van der Waals surface area contributed by atoms with Crippen LogP contribution in [0.25, 0.3) is 11.9 Å². The summed E-state index contributed by atoms with van der Waals surface area (Å²) in [6, 6.07) is 0. The third-order valence-electron chi connectivity index (χ3n) is 5.10. The lowest BCUT2D eigenvalue weighted by molar-refractivity contribution is 0.488. The summed E-state index contributed by atoms with van der Waals surface area (Å²) in [4.78, 5) is 11.0. The Bertz CT molecular complexity index is 951. The molecule has 1 saturated heterocycles. The summed E-state index contributed by atoms with van der Waals surface area (Å²) in [5.41, 5.74) is 3.11. The van der Waals surface area contributed by atoms with Crippen molar-refractivity contribution in [2.45, 2.75) is 39.5 Å². The molecule has 1 aliphatic heterocycles. The van der Waals surface area contributed by atoms with Gasteiger partial charge in [0.25, 0.3) is 0 Å². The minimum absolute atomic E-state index is 0.376. The Morgan fingerprint density at radius 1 is 1.21 bits per heavy atom. The topological polar surface area (TPSA) is 77.0 Å². The van der Waals surface area contributed by atoms with Gasteiger partial charge < -0.3 is 4.90 Å². The largest absolute Gasteiger partial charge is 0.339 e. The standard InChI is InChI=1S/C21H28N8/c1-6-9-18(10-7-2)29-21(24-25-26-29)27-14-11-17(12-15-27)19-16(4)28(13-8-3)20(22-5)23-19/h6-10,13,17H,1,5,11-12,14-15H2,2-4H3/b10-7-,13-8-,18-9+. The lowest BCUT2D eigenvalue weighted by Crippen LogP contribution is -2.35. The fourth-order valence-electron chi connectivity index (χ4n) is 3.73. The minimum atomic E-state index is 0.376. The van der Waals surface area contributed by atoms with Crippen LogP contribution in [-0.2, 0) is 0 Å². The van der Waals surface area contributed by atoms with E-state index in [-0.39, 0.29) is 0 Å². The van der Waals surface area contributed by atoms with E-state index in [0.717, 1.165) is 49.0 Å². The van der Waals surface area contributed by atoms with Gasteiger partial charge in [-0.25, -0.2) is 9.98 Å². The van der Waals surface area contributed by atoms with Crippen LogP contribution in [0.1, 0.15) is 44.0 Å². The number of aromatic nitrogens is 6. The minimum Gasteiger partial charge on any atom is -0.339 e. The quantitative estimate of drug-likeness (QED) is 0.526. The van der Waals surface area contributed by atoms with Crippen LogP contribution in [0.15, 0.2) is 42.0 Å². The van der Waals surface area contributed by atoms with Crippen molar-refractivity contribution in [1.82, 2.24) is 29.8 Å². The van der Waals surface area contributed by atoms with Crippen LogP contribution in [0.5, 0.6) is 0 Å². The molecule has 1 aliphatic rings. The van der Waals surface area contributed by atoms with Gasteiger partial charge in [0.05, 0.1) is 11.4 Å². The lowest BCUT2D eigenvalue weighted by atomic mass is 9.92. The molecule has 29 heavy (non-hydrogen) atoms. The van der Waals surface area contributed by atoms with Crippen LogP contribution in [0.4, 0.5) is 11.9 Å². The number of piperidine rings is 1. The van der Waals surface area contributed by atoms with Crippen LogP contribution in [0.2, 0.25) is 0 Å². The molecular weight excluding hydrogens is 364 g/mol. The monoisotopic (exact) mass is 392 g/mol. The van der Waals surface area contributed by atoms with E-state index in [1.165, 1.54) is 0 Å². The van der Waals surface area contributed by atoms with Crippen molar-refractivity contribution >= 4 is 30.5 Å². The molecule has 8 heteroatoms. The summed E-state index contributed by atoms with van der Waals surface area (Å²) in [5.74, 6) is 1.77. The van der Waals surface area contributed by atoms with Crippen molar-refractivity contribution in [3.05, 3.63) is 48.3 Å². The Kier molecular flexibility index (Phi) is 6.54. The van der Waals surface area contributed by atoms with Crippen LogP contribution in [0, 0.1) is 6.92 Å². The molecular formula is C21H28N8. The number of tetrazole rings is 1. The molecule has 0 N–H and O–H groups in total. The number of imidazole rings is 1. The van der Waals surface area contributed by atoms with Crippen molar-refractivity contribution in [2.24, 2.45) is 4.99 Å². The van der Waals surface area contributed by atoms with Crippen molar-refractivity contribution in [3.8, 4) is 0 Å². The van der Waals surface area contributed by atoms with Gasteiger partial charge in [0.1, 0.15) is 0 Å². The lowest BCUT2D eigenvalue weighted by Gasteiger charge is -2.31. The zero-order valence-corrected chi connectivity index (χ0v) is 17.4. The summed E-state index contributed by atoms with van der Waals surface area (Å²) in [5, 5.41) is 12.3. The SMILES string of the molecule is C=C/C=C(\C=C/C)n1nnnc1N1CCC(c2nc(N=C)n(/C=C\C)c2C)CC1. The molecule has 2 aromatic heterocycles. The van der Waals surface area contributed by atoms with Crippen molar-refractivity contribution < 1.29 is 0 Å². The van der Waals surface area contributed by atoms with Crippen molar-refractivity contribution in [1.29, 1.82) is 0 Å². The van der Waals surface area contributed by atoms with E-state index < -0.39 is 0 Å².